The third kappa shape index (κ3) is 3.49. The first-order valence-electron chi connectivity index (χ1n) is 8.68. The van der Waals surface area contributed by atoms with Crippen LogP contribution < -0.4 is 0 Å². The molecule has 0 spiro atoms. The van der Waals surface area contributed by atoms with Gasteiger partial charge in [0.05, 0.1) is 11.1 Å². The van der Waals surface area contributed by atoms with Gasteiger partial charge in [-0.2, -0.15) is 0 Å². The van der Waals surface area contributed by atoms with Crippen molar-refractivity contribution in [3.8, 4) is 22.8 Å². The first-order chi connectivity index (χ1) is 13.4. The van der Waals surface area contributed by atoms with E-state index in [-0.39, 0.29) is 5.56 Å². The topological polar surface area (TPSA) is 63.3 Å². The fourth-order valence-corrected chi connectivity index (χ4v) is 3.65. The van der Waals surface area contributed by atoms with Crippen molar-refractivity contribution in [3.05, 3.63) is 75.8 Å². The lowest BCUT2D eigenvalue weighted by Gasteiger charge is -2.07. The van der Waals surface area contributed by atoms with Crippen molar-refractivity contribution in [2.24, 2.45) is 0 Å². The van der Waals surface area contributed by atoms with Crippen molar-refractivity contribution in [2.75, 3.05) is 0 Å². The molecule has 0 bridgehead atoms. The Kier molecular flexibility index (Phi) is 4.84. The van der Waals surface area contributed by atoms with Crippen LogP contribution in [0.25, 0.3) is 33.7 Å². The Balaban J connectivity index is 1.83. The van der Waals surface area contributed by atoms with Gasteiger partial charge in [-0.3, -0.25) is 0 Å². The molecule has 0 saturated heterocycles. The maximum absolute atomic E-state index is 11.8. The van der Waals surface area contributed by atoms with E-state index in [0.29, 0.717) is 38.2 Å². The maximum Gasteiger partial charge on any atom is 0.336 e. The van der Waals surface area contributed by atoms with Crippen LogP contribution in [0.5, 0.6) is 0 Å². The molecule has 140 valence electrons. The van der Waals surface area contributed by atoms with E-state index in [2.05, 4.69) is 4.98 Å². The Morgan fingerprint density at radius 3 is 2.39 bits per heavy atom. The van der Waals surface area contributed by atoms with Gasteiger partial charge in [0.1, 0.15) is 11.5 Å². The monoisotopic (exact) mass is 411 g/mol. The normalized spacial score (nSPS) is 11.1. The fourth-order valence-electron chi connectivity index (χ4n) is 3.12. The second-order valence-electron chi connectivity index (χ2n) is 6.39. The number of aryl methyl sites for hydroxylation is 1. The van der Waals surface area contributed by atoms with Crippen molar-refractivity contribution < 1.29 is 14.3 Å². The quantitative estimate of drug-likeness (QED) is 0.404. The minimum absolute atomic E-state index is 0.194. The summed E-state index contributed by atoms with van der Waals surface area (Å²) in [6, 6.07) is 15.9. The number of halogens is 2. The number of carbonyl (C=O) groups is 1. The van der Waals surface area contributed by atoms with E-state index in [1.807, 2.05) is 25.1 Å². The predicted octanol–water partition coefficient (Wildman–Crippen LogP) is 6.73. The molecule has 2 aromatic carbocycles. The molecule has 1 N–H and O–H groups in total. The molecule has 0 saturated carbocycles. The van der Waals surface area contributed by atoms with Crippen LogP contribution >= 0.6 is 23.2 Å². The minimum Gasteiger partial charge on any atom is -0.478 e. The third-order valence-corrected chi connectivity index (χ3v) is 4.95. The van der Waals surface area contributed by atoms with Crippen LogP contribution in [0.15, 0.2) is 59.0 Å². The molecule has 4 aromatic rings. The van der Waals surface area contributed by atoms with Gasteiger partial charge in [0.25, 0.3) is 0 Å². The van der Waals surface area contributed by atoms with Gasteiger partial charge in [-0.15, -0.1) is 0 Å². The number of rotatable bonds is 4. The molecule has 0 aliphatic heterocycles. The lowest BCUT2D eigenvalue weighted by Crippen LogP contribution is -2.00. The van der Waals surface area contributed by atoms with Crippen molar-refractivity contribution in [1.29, 1.82) is 0 Å². The number of nitrogens with zero attached hydrogens (tertiary/aromatic N) is 1. The number of carboxylic acid groups (broad SMARTS) is 1. The molecule has 0 atom stereocenters. The van der Waals surface area contributed by atoms with Crippen LogP contribution in [0.2, 0.25) is 10.0 Å². The van der Waals surface area contributed by atoms with Crippen molar-refractivity contribution >= 4 is 40.1 Å². The highest BCUT2D eigenvalue weighted by Crippen LogP contribution is 2.33. The lowest BCUT2D eigenvalue weighted by molar-refractivity contribution is 0.0699. The Labute approximate surface area is 171 Å². The average Bonchev–Trinajstić information content (AvgIpc) is 3.16. The van der Waals surface area contributed by atoms with Gasteiger partial charge < -0.3 is 9.52 Å². The van der Waals surface area contributed by atoms with E-state index in [0.717, 1.165) is 17.5 Å². The third-order valence-electron chi connectivity index (χ3n) is 4.52. The van der Waals surface area contributed by atoms with Crippen LogP contribution in [0.1, 0.15) is 22.8 Å². The Morgan fingerprint density at radius 1 is 1.00 bits per heavy atom. The molecule has 0 unspecified atom stereocenters. The summed E-state index contributed by atoms with van der Waals surface area (Å²) >= 11 is 12.1. The average molecular weight is 412 g/mol. The lowest BCUT2D eigenvalue weighted by atomic mass is 10.0. The molecule has 4 nitrogen and oxygen atoms in total. The summed E-state index contributed by atoms with van der Waals surface area (Å²) < 4.78 is 5.92. The molecule has 0 radical (unpaired) electrons. The van der Waals surface area contributed by atoms with Gasteiger partial charge in [0, 0.05) is 21.0 Å². The van der Waals surface area contributed by atoms with Crippen molar-refractivity contribution in [3.63, 3.8) is 0 Å². The molecule has 2 heterocycles. The molecule has 4 rings (SSSR count). The van der Waals surface area contributed by atoms with Crippen LogP contribution in [-0.2, 0) is 6.42 Å². The number of benzene rings is 2. The first kappa shape index (κ1) is 18.5. The van der Waals surface area contributed by atoms with E-state index in [9.17, 15) is 9.90 Å². The summed E-state index contributed by atoms with van der Waals surface area (Å²) in [5.41, 5.74) is 3.04. The molecule has 0 fully saturated rings. The molecule has 0 aliphatic rings. The molecule has 6 heteroatoms. The molecular formula is C22H15Cl2NO3. The Morgan fingerprint density at radius 2 is 1.71 bits per heavy atom. The summed E-state index contributed by atoms with van der Waals surface area (Å²) in [5, 5.41) is 11.3. The molecule has 28 heavy (non-hydrogen) atoms. The van der Waals surface area contributed by atoms with Crippen LogP contribution in [0.4, 0.5) is 0 Å². The van der Waals surface area contributed by atoms with Crippen molar-refractivity contribution in [1.82, 2.24) is 4.98 Å². The summed E-state index contributed by atoms with van der Waals surface area (Å²) in [4.78, 5) is 16.4. The zero-order chi connectivity index (χ0) is 19.8. The second kappa shape index (κ2) is 7.30. The molecule has 0 amide bonds. The summed E-state index contributed by atoms with van der Waals surface area (Å²) in [6.45, 7) is 2.02. The number of aromatic nitrogens is 1. The number of furan rings is 1. The standard InChI is InChI=1S/C22H15Cl2NO3/c1-2-12-3-4-18-16(7-12)17(22(26)27)11-19(25-18)21-6-5-20(28-21)13-8-14(23)10-15(24)9-13/h3-11H,2H2,1H3,(H,26,27). The highest BCUT2D eigenvalue weighted by atomic mass is 35.5. The van der Waals surface area contributed by atoms with Gasteiger partial charge in [0.15, 0.2) is 5.76 Å². The largest absolute Gasteiger partial charge is 0.478 e. The van der Waals surface area contributed by atoms with Crippen LogP contribution in [0.3, 0.4) is 0 Å². The number of hydrogen-bond donors (Lipinski definition) is 1. The van der Waals surface area contributed by atoms with Gasteiger partial charge in [0.2, 0.25) is 0 Å². The van der Waals surface area contributed by atoms with Gasteiger partial charge in [-0.25, -0.2) is 9.78 Å². The molecule has 2 aromatic heterocycles. The van der Waals surface area contributed by atoms with Crippen LogP contribution in [0, 0.1) is 0 Å². The zero-order valence-corrected chi connectivity index (χ0v) is 16.4. The smallest absolute Gasteiger partial charge is 0.336 e. The second-order valence-corrected chi connectivity index (χ2v) is 7.26. The van der Waals surface area contributed by atoms with Crippen LogP contribution in [-0.4, -0.2) is 16.1 Å². The van der Waals surface area contributed by atoms with E-state index in [1.54, 1.807) is 30.3 Å². The highest BCUT2D eigenvalue weighted by Gasteiger charge is 2.16. The van der Waals surface area contributed by atoms with Crippen molar-refractivity contribution in [2.45, 2.75) is 13.3 Å². The Hall–Kier alpha value is -2.82. The fraction of sp³-hybridized carbons (Fsp3) is 0.0909. The Bertz CT molecular complexity index is 1190. The van der Waals surface area contributed by atoms with E-state index in [1.165, 1.54) is 6.07 Å². The van der Waals surface area contributed by atoms with E-state index < -0.39 is 5.97 Å². The summed E-state index contributed by atoms with van der Waals surface area (Å²) in [5.74, 6) is 0.0323. The van der Waals surface area contributed by atoms with E-state index >= 15 is 0 Å². The number of hydrogen-bond acceptors (Lipinski definition) is 3. The van der Waals surface area contributed by atoms with Gasteiger partial charge in [-0.1, -0.05) is 36.2 Å². The summed E-state index contributed by atoms with van der Waals surface area (Å²) in [7, 11) is 0. The number of aromatic carboxylic acids is 1. The number of carboxylic acids is 1. The molecular weight excluding hydrogens is 397 g/mol. The van der Waals surface area contributed by atoms with E-state index in [4.69, 9.17) is 27.6 Å². The molecule has 0 aliphatic carbocycles. The summed E-state index contributed by atoms with van der Waals surface area (Å²) in [6.07, 6.45) is 0.820. The predicted molar refractivity (Wildman–Crippen MR) is 111 cm³/mol. The highest BCUT2D eigenvalue weighted by molar-refractivity contribution is 6.35. The SMILES string of the molecule is CCc1ccc2nc(-c3ccc(-c4cc(Cl)cc(Cl)c4)o3)cc(C(=O)O)c2c1. The number of fused-ring (bicyclic) bond motifs is 1. The zero-order valence-electron chi connectivity index (χ0n) is 14.9. The first-order valence-corrected chi connectivity index (χ1v) is 9.44. The van der Waals surface area contributed by atoms with Gasteiger partial charge in [-0.05, 0) is 60.5 Å². The van der Waals surface area contributed by atoms with Gasteiger partial charge >= 0.3 is 5.97 Å². The maximum atomic E-state index is 11.8. The number of pyridine rings is 1. The minimum atomic E-state index is -1.00.